The van der Waals surface area contributed by atoms with Gasteiger partial charge in [-0.25, -0.2) is 4.79 Å². The van der Waals surface area contributed by atoms with Crippen LogP contribution in [0.15, 0.2) is 23.0 Å². The van der Waals surface area contributed by atoms with E-state index in [1.54, 1.807) is 50.6 Å². The normalized spacial score (nSPS) is 12.0. The number of fused-ring (bicyclic) bond motifs is 1. The lowest BCUT2D eigenvalue weighted by Gasteiger charge is -2.30. The van der Waals surface area contributed by atoms with E-state index in [2.05, 4.69) is 6.92 Å². The van der Waals surface area contributed by atoms with Gasteiger partial charge in [-0.2, -0.15) is 0 Å². The fourth-order valence-electron chi connectivity index (χ4n) is 3.33. The molecule has 0 aliphatic carbocycles. The van der Waals surface area contributed by atoms with Crippen LogP contribution in [0.3, 0.4) is 0 Å². The van der Waals surface area contributed by atoms with Gasteiger partial charge < -0.3 is 9.47 Å². The van der Waals surface area contributed by atoms with Crippen LogP contribution < -0.4 is 15.2 Å². The number of unbranched alkanes of at least 4 members (excludes halogenated alkanes) is 1. The van der Waals surface area contributed by atoms with Gasteiger partial charge in [0.15, 0.2) is 11.6 Å². The first-order valence-corrected chi connectivity index (χ1v) is 11.0. The molecular formula is C25H36N2O5. The Kier molecular flexibility index (Phi) is 7.75. The number of rotatable bonds is 7. The van der Waals surface area contributed by atoms with Crippen molar-refractivity contribution in [2.24, 2.45) is 5.41 Å². The van der Waals surface area contributed by atoms with E-state index in [0.29, 0.717) is 41.1 Å². The number of aromatic nitrogens is 1. The average Bonchev–Trinajstić information content (AvgIpc) is 2.68. The van der Waals surface area contributed by atoms with Crippen LogP contribution >= 0.6 is 0 Å². The van der Waals surface area contributed by atoms with E-state index in [9.17, 15) is 14.4 Å². The highest BCUT2D eigenvalue weighted by Gasteiger charge is 2.29. The monoisotopic (exact) mass is 444 g/mol. The van der Waals surface area contributed by atoms with Crippen molar-refractivity contribution in [3.63, 3.8) is 0 Å². The Morgan fingerprint density at radius 1 is 1.12 bits per heavy atom. The van der Waals surface area contributed by atoms with Crippen molar-refractivity contribution >= 4 is 29.0 Å². The molecule has 0 spiro atoms. The van der Waals surface area contributed by atoms with E-state index in [0.717, 1.165) is 19.1 Å². The summed E-state index contributed by atoms with van der Waals surface area (Å²) >= 11 is 0. The Morgan fingerprint density at radius 2 is 1.78 bits per heavy atom. The van der Waals surface area contributed by atoms with Crippen molar-refractivity contribution in [1.29, 1.82) is 0 Å². The topological polar surface area (TPSA) is 77.8 Å². The minimum absolute atomic E-state index is 0.246. The fourth-order valence-corrected chi connectivity index (χ4v) is 3.33. The molecule has 0 aliphatic heterocycles. The molecule has 2 aromatic rings. The summed E-state index contributed by atoms with van der Waals surface area (Å²) < 4.78 is 13.3. The molecule has 32 heavy (non-hydrogen) atoms. The maximum atomic E-state index is 13.6. The Balaban J connectivity index is 2.88. The summed E-state index contributed by atoms with van der Waals surface area (Å²) in [5.74, 6) is 0.722. The number of carbonyl (C=O) groups is 2. The summed E-state index contributed by atoms with van der Waals surface area (Å²) in [5.41, 5.74) is -0.771. The zero-order valence-corrected chi connectivity index (χ0v) is 20.6. The Hall–Kier alpha value is -2.83. The third kappa shape index (κ3) is 6.11. The molecule has 0 radical (unpaired) electrons. The lowest BCUT2D eigenvalue weighted by atomic mass is 9.96. The molecule has 2 rings (SSSR count). The van der Waals surface area contributed by atoms with E-state index in [1.807, 2.05) is 20.8 Å². The van der Waals surface area contributed by atoms with Gasteiger partial charge in [-0.05, 0) is 44.7 Å². The maximum absolute atomic E-state index is 13.6. The first-order chi connectivity index (χ1) is 14.8. The highest BCUT2D eigenvalue weighted by Crippen LogP contribution is 2.37. The summed E-state index contributed by atoms with van der Waals surface area (Å²) in [4.78, 5) is 39.3. The first kappa shape index (κ1) is 25.4. The molecule has 0 unspecified atom stereocenters. The molecule has 0 saturated carbocycles. The number of hydrogen-bond acceptors (Lipinski definition) is 5. The molecule has 1 aromatic carbocycles. The highest BCUT2D eigenvalue weighted by molar-refractivity contribution is 5.99. The second kappa shape index (κ2) is 9.76. The number of nitrogens with zero attached hydrogens (tertiary/aromatic N) is 2. The van der Waals surface area contributed by atoms with Crippen LogP contribution in [-0.2, 0) is 11.3 Å². The summed E-state index contributed by atoms with van der Waals surface area (Å²) in [5, 5.41) is 0.943. The lowest BCUT2D eigenvalue weighted by molar-refractivity contribution is 0.0585. The molecule has 0 bridgehead atoms. The van der Waals surface area contributed by atoms with Crippen LogP contribution in [0.4, 0.5) is 10.6 Å². The molecule has 0 fully saturated rings. The van der Waals surface area contributed by atoms with Crippen molar-refractivity contribution in [3.05, 3.63) is 34.1 Å². The fraction of sp³-hybridized carbons (Fsp3) is 0.560. The largest absolute Gasteiger partial charge is 0.489 e. The molecular weight excluding hydrogens is 408 g/mol. The van der Waals surface area contributed by atoms with Crippen LogP contribution in [0.1, 0.15) is 71.7 Å². The molecule has 0 N–H and O–H groups in total. The highest BCUT2D eigenvalue weighted by atomic mass is 16.6. The number of anilines is 1. The minimum atomic E-state index is -0.703. The van der Waals surface area contributed by atoms with E-state index in [-0.39, 0.29) is 11.0 Å². The first-order valence-electron chi connectivity index (χ1n) is 11.0. The SMILES string of the molecule is CCCCOc1c(N(C)C(=O)OC(C)(C)C)n(CC(C)(C)C)c(=O)c2ccc(C=O)cc12. The Labute approximate surface area is 190 Å². The smallest absolute Gasteiger partial charge is 0.415 e. The quantitative estimate of drug-likeness (QED) is 0.421. The van der Waals surface area contributed by atoms with Gasteiger partial charge in [0.2, 0.25) is 0 Å². The van der Waals surface area contributed by atoms with Gasteiger partial charge in [-0.1, -0.05) is 40.2 Å². The molecule has 0 saturated heterocycles. The Bertz CT molecular complexity index is 1040. The second-order valence-corrected chi connectivity index (χ2v) is 10.3. The number of pyridine rings is 1. The second-order valence-electron chi connectivity index (χ2n) is 10.3. The average molecular weight is 445 g/mol. The van der Waals surface area contributed by atoms with Gasteiger partial charge in [0, 0.05) is 24.5 Å². The minimum Gasteiger partial charge on any atom is -0.489 e. The maximum Gasteiger partial charge on any atom is 0.415 e. The standard InChI is InChI=1S/C25H36N2O5/c1-9-10-13-31-20-19-14-17(15-28)11-12-18(19)22(29)27(16-24(2,3)4)21(20)26(8)23(30)32-25(5,6)7/h11-12,14-15H,9-10,13,16H2,1-8H3. The van der Waals surface area contributed by atoms with Crippen molar-refractivity contribution in [1.82, 2.24) is 4.57 Å². The van der Waals surface area contributed by atoms with Gasteiger partial charge in [0.05, 0.1) is 12.0 Å². The summed E-state index contributed by atoms with van der Waals surface area (Å²) in [7, 11) is 1.57. The molecule has 1 amide bonds. The predicted molar refractivity (Wildman–Crippen MR) is 128 cm³/mol. The van der Waals surface area contributed by atoms with E-state index in [1.165, 1.54) is 4.90 Å². The van der Waals surface area contributed by atoms with E-state index < -0.39 is 11.7 Å². The zero-order valence-electron chi connectivity index (χ0n) is 20.6. The van der Waals surface area contributed by atoms with Crippen LogP contribution in [0, 0.1) is 5.41 Å². The molecule has 1 aromatic heterocycles. The third-order valence-electron chi connectivity index (χ3n) is 4.72. The number of amides is 1. The molecule has 0 atom stereocenters. The zero-order chi connectivity index (χ0) is 24.3. The van der Waals surface area contributed by atoms with Gasteiger partial charge in [-0.15, -0.1) is 0 Å². The van der Waals surface area contributed by atoms with Crippen molar-refractivity contribution in [3.8, 4) is 5.75 Å². The Morgan fingerprint density at radius 3 is 2.31 bits per heavy atom. The lowest BCUT2D eigenvalue weighted by Crippen LogP contribution is -2.39. The van der Waals surface area contributed by atoms with E-state index in [4.69, 9.17) is 9.47 Å². The van der Waals surface area contributed by atoms with Crippen molar-refractivity contribution < 1.29 is 19.1 Å². The number of benzene rings is 1. The molecule has 176 valence electrons. The molecule has 7 heteroatoms. The third-order valence-corrected chi connectivity index (χ3v) is 4.72. The van der Waals surface area contributed by atoms with Gasteiger partial charge in [0.25, 0.3) is 5.56 Å². The van der Waals surface area contributed by atoms with Gasteiger partial charge in [0.1, 0.15) is 11.9 Å². The number of ether oxygens (including phenoxy) is 2. The van der Waals surface area contributed by atoms with E-state index >= 15 is 0 Å². The summed E-state index contributed by atoms with van der Waals surface area (Å²) in [6, 6.07) is 4.90. The number of aldehydes is 1. The summed E-state index contributed by atoms with van der Waals surface area (Å²) in [6.07, 6.45) is 1.87. The predicted octanol–water partition coefficient (Wildman–Crippen LogP) is 5.41. The van der Waals surface area contributed by atoms with Crippen LogP contribution in [0.2, 0.25) is 0 Å². The number of hydrogen-bond donors (Lipinski definition) is 0. The van der Waals surface area contributed by atoms with Gasteiger partial charge >= 0.3 is 6.09 Å². The molecule has 0 aliphatic rings. The van der Waals surface area contributed by atoms with Crippen LogP contribution in [-0.4, -0.2) is 36.2 Å². The van der Waals surface area contributed by atoms with Crippen LogP contribution in [0.25, 0.3) is 10.8 Å². The number of carbonyl (C=O) groups excluding carboxylic acids is 2. The summed E-state index contributed by atoms with van der Waals surface area (Å²) in [6.45, 7) is 14.3. The molecule has 7 nitrogen and oxygen atoms in total. The van der Waals surface area contributed by atoms with Crippen molar-refractivity contribution in [2.45, 2.75) is 73.5 Å². The molecule has 1 heterocycles. The van der Waals surface area contributed by atoms with Crippen molar-refractivity contribution in [2.75, 3.05) is 18.6 Å². The van der Waals surface area contributed by atoms with Gasteiger partial charge in [-0.3, -0.25) is 19.1 Å². The van der Waals surface area contributed by atoms with Crippen LogP contribution in [0.5, 0.6) is 5.75 Å².